The molecule has 5 nitrogen and oxygen atoms in total. The number of hydrogen-bond acceptors (Lipinski definition) is 5. The first-order chi connectivity index (χ1) is 15.7. The third-order valence-corrected chi connectivity index (χ3v) is 6.16. The van der Waals surface area contributed by atoms with Gasteiger partial charge in [-0.05, 0) is 41.8 Å². The molecule has 0 saturated carbocycles. The fraction of sp³-hybridized carbons (Fsp3) is 0.192. The van der Waals surface area contributed by atoms with E-state index in [1.54, 1.807) is 6.20 Å². The number of nitrogens with zero attached hydrogens (tertiary/aromatic N) is 2. The maximum Gasteiger partial charge on any atom is 0.268 e. The molecule has 1 aliphatic rings. The number of ether oxygens (including phenoxy) is 1. The Bertz CT molecular complexity index is 1110. The summed E-state index contributed by atoms with van der Waals surface area (Å²) in [6.07, 6.45) is 2.58. The summed E-state index contributed by atoms with van der Waals surface area (Å²) in [5.74, 6) is 0.784. The predicted octanol–water partition coefficient (Wildman–Crippen LogP) is 5.08. The normalized spacial score (nSPS) is 13.7. The highest BCUT2D eigenvalue weighted by atomic mass is 32.2. The van der Waals surface area contributed by atoms with Crippen LogP contribution in [0.5, 0.6) is 5.75 Å². The molecule has 0 atom stereocenters. The molecule has 2 aromatic carbocycles. The molecule has 0 aliphatic carbocycles. The topological polar surface area (TPSA) is 59.5 Å². The molecule has 3 aromatic rings. The Hall–Kier alpha value is -3.38. The zero-order chi connectivity index (χ0) is 22.3. The van der Waals surface area contributed by atoms with E-state index in [1.165, 1.54) is 16.7 Å². The number of pyridine rings is 1. The Morgan fingerprint density at radius 3 is 2.34 bits per heavy atom. The van der Waals surface area contributed by atoms with Gasteiger partial charge in [0, 0.05) is 11.9 Å². The van der Waals surface area contributed by atoms with Crippen LogP contribution in [0.25, 0.3) is 5.57 Å². The van der Waals surface area contributed by atoms with Gasteiger partial charge in [0.2, 0.25) is 0 Å². The van der Waals surface area contributed by atoms with Crippen LogP contribution in [0.4, 0.5) is 0 Å². The van der Waals surface area contributed by atoms with Gasteiger partial charge in [0.05, 0.1) is 29.3 Å². The highest BCUT2D eigenvalue weighted by Crippen LogP contribution is 2.38. The van der Waals surface area contributed by atoms with E-state index in [1.807, 2.05) is 72.8 Å². The summed E-state index contributed by atoms with van der Waals surface area (Å²) in [5.41, 5.74) is 2.92. The average Bonchev–Trinajstić information content (AvgIpc) is 3.07. The molecule has 0 bridgehead atoms. The van der Waals surface area contributed by atoms with Crippen LogP contribution in [-0.2, 0) is 21.9 Å². The maximum atomic E-state index is 13.4. The van der Waals surface area contributed by atoms with Crippen LogP contribution in [0, 0.1) is 0 Å². The molecule has 4 rings (SSSR count). The minimum atomic E-state index is -0.293. The number of hydrogen-bond donors (Lipinski definition) is 0. The summed E-state index contributed by atoms with van der Waals surface area (Å²) in [5, 5.41) is 0. The molecular weight excluding hydrogens is 420 g/mol. The second-order valence-corrected chi connectivity index (χ2v) is 8.35. The Kier molecular flexibility index (Phi) is 7.02. The van der Waals surface area contributed by atoms with Crippen molar-refractivity contribution in [1.82, 2.24) is 9.88 Å². The van der Waals surface area contributed by atoms with E-state index in [0.717, 1.165) is 17.7 Å². The van der Waals surface area contributed by atoms with E-state index in [0.29, 0.717) is 34.1 Å². The lowest BCUT2D eigenvalue weighted by atomic mass is 10.1. The highest BCUT2D eigenvalue weighted by molar-refractivity contribution is 8.03. The van der Waals surface area contributed by atoms with Gasteiger partial charge < -0.3 is 4.74 Å². The Morgan fingerprint density at radius 1 is 0.906 bits per heavy atom. The summed E-state index contributed by atoms with van der Waals surface area (Å²) >= 11 is 1.40. The van der Waals surface area contributed by atoms with E-state index >= 15 is 0 Å². The number of carbonyl (C=O) groups excluding carboxylic acids is 2. The number of rotatable bonds is 9. The van der Waals surface area contributed by atoms with E-state index in [9.17, 15) is 9.59 Å². The molecule has 2 heterocycles. The molecule has 1 aromatic heterocycles. The van der Waals surface area contributed by atoms with Gasteiger partial charge in [0.25, 0.3) is 11.8 Å². The molecule has 0 unspecified atom stereocenters. The zero-order valence-electron chi connectivity index (χ0n) is 17.9. The van der Waals surface area contributed by atoms with E-state index in [2.05, 4.69) is 11.9 Å². The second-order valence-electron chi connectivity index (χ2n) is 7.37. The minimum absolute atomic E-state index is 0.148. The molecule has 0 N–H and O–H groups in total. The largest absolute Gasteiger partial charge is 0.494 e. The molecule has 0 saturated heterocycles. The van der Waals surface area contributed by atoms with Crippen LogP contribution in [0.15, 0.2) is 83.9 Å². The monoisotopic (exact) mass is 444 g/mol. The van der Waals surface area contributed by atoms with Gasteiger partial charge >= 0.3 is 0 Å². The SMILES string of the molecule is CCCOc1ccc(C2=C(SCc3ccccc3)C(=O)N(Cc3ccccn3)C2=O)cc1. The van der Waals surface area contributed by atoms with E-state index in [-0.39, 0.29) is 18.4 Å². The molecule has 6 heteroatoms. The number of carbonyl (C=O) groups is 2. The van der Waals surface area contributed by atoms with Crippen molar-refractivity contribution >= 4 is 29.1 Å². The van der Waals surface area contributed by atoms with Crippen molar-refractivity contribution in [2.24, 2.45) is 0 Å². The molecule has 0 fully saturated rings. The average molecular weight is 445 g/mol. The summed E-state index contributed by atoms with van der Waals surface area (Å²) < 4.78 is 5.66. The van der Waals surface area contributed by atoms with Crippen molar-refractivity contribution in [3.05, 3.63) is 101 Å². The first kappa shape index (κ1) is 21.8. The third kappa shape index (κ3) is 4.92. The highest BCUT2D eigenvalue weighted by Gasteiger charge is 2.39. The number of benzene rings is 2. The fourth-order valence-corrected chi connectivity index (χ4v) is 4.49. The predicted molar refractivity (Wildman–Crippen MR) is 127 cm³/mol. The van der Waals surface area contributed by atoms with Crippen molar-refractivity contribution in [2.75, 3.05) is 6.61 Å². The summed E-state index contributed by atoms with van der Waals surface area (Å²) in [7, 11) is 0. The van der Waals surface area contributed by atoms with Gasteiger partial charge in [-0.15, -0.1) is 11.8 Å². The standard InChI is InChI=1S/C26H24N2O3S/c1-2-16-31-22-13-11-20(12-14-22)23-24(32-18-19-8-4-3-5-9-19)26(30)28(25(23)29)17-21-10-6-7-15-27-21/h3-15H,2,16-18H2,1H3. The number of thioether (sulfide) groups is 1. The quantitative estimate of drug-likeness (QED) is 0.431. The van der Waals surface area contributed by atoms with Crippen LogP contribution in [0.2, 0.25) is 0 Å². The minimum Gasteiger partial charge on any atom is -0.494 e. The lowest BCUT2D eigenvalue weighted by molar-refractivity contribution is -0.137. The Labute approximate surface area is 192 Å². The van der Waals surface area contributed by atoms with Crippen molar-refractivity contribution in [3.63, 3.8) is 0 Å². The first-order valence-corrected chi connectivity index (χ1v) is 11.6. The molecule has 0 spiro atoms. The van der Waals surface area contributed by atoms with Crippen LogP contribution in [-0.4, -0.2) is 28.3 Å². The summed E-state index contributed by atoms with van der Waals surface area (Å²) in [6, 6.07) is 22.8. The van der Waals surface area contributed by atoms with Gasteiger partial charge in [-0.3, -0.25) is 19.5 Å². The van der Waals surface area contributed by atoms with Gasteiger partial charge in [-0.25, -0.2) is 0 Å². The lowest BCUT2D eigenvalue weighted by Crippen LogP contribution is -2.31. The van der Waals surface area contributed by atoms with Gasteiger partial charge in [-0.1, -0.05) is 55.5 Å². The van der Waals surface area contributed by atoms with Gasteiger partial charge in [0.15, 0.2) is 0 Å². The number of amides is 2. The van der Waals surface area contributed by atoms with E-state index in [4.69, 9.17) is 4.74 Å². The van der Waals surface area contributed by atoms with Crippen LogP contribution in [0.3, 0.4) is 0 Å². The summed E-state index contributed by atoms with van der Waals surface area (Å²) in [4.78, 5) is 32.7. The zero-order valence-corrected chi connectivity index (χ0v) is 18.7. The number of aromatic nitrogens is 1. The van der Waals surface area contributed by atoms with E-state index < -0.39 is 0 Å². The van der Waals surface area contributed by atoms with Crippen molar-refractivity contribution in [3.8, 4) is 5.75 Å². The van der Waals surface area contributed by atoms with Crippen LogP contribution < -0.4 is 4.74 Å². The van der Waals surface area contributed by atoms with Crippen molar-refractivity contribution < 1.29 is 14.3 Å². The Morgan fingerprint density at radius 2 is 1.66 bits per heavy atom. The smallest absolute Gasteiger partial charge is 0.268 e. The Balaban J connectivity index is 1.64. The molecule has 162 valence electrons. The van der Waals surface area contributed by atoms with Gasteiger partial charge in [0.1, 0.15) is 5.75 Å². The molecule has 0 radical (unpaired) electrons. The maximum absolute atomic E-state index is 13.4. The van der Waals surface area contributed by atoms with Gasteiger partial charge in [-0.2, -0.15) is 0 Å². The van der Waals surface area contributed by atoms with Crippen LogP contribution in [0.1, 0.15) is 30.2 Å². The summed E-state index contributed by atoms with van der Waals surface area (Å²) in [6.45, 7) is 2.83. The van der Waals surface area contributed by atoms with Crippen LogP contribution >= 0.6 is 11.8 Å². The second kappa shape index (κ2) is 10.3. The number of imide groups is 1. The molecular formula is C26H24N2O3S. The molecule has 32 heavy (non-hydrogen) atoms. The third-order valence-electron chi connectivity index (χ3n) is 5.01. The molecule has 2 amide bonds. The first-order valence-electron chi connectivity index (χ1n) is 10.6. The van der Waals surface area contributed by atoms with Crippen molar-refractivity contribution in [1.29, 1.82) is 0 Å². The lowest BCUT2D eigenvalue weighted by Gasteiger charge is -2.14. The van der Waals surface area contributed by atoms with Crippen molar-refractivity contribution in [2.45, 2.75) is 25.6 Å². The molecule has 1 aliphatic heterocycles. The fourth-order valence-electron chi connectivity index (χ4n) is 3.41.